The largest absolute Gasteiger partial charge is 0.493 e. The second-order valence-electron chi connectivity index (χ2n) is 7.24. The summed E-state index contributed by atoms with van der Waals surface area (Å²) in [6, 6.07) is 4.79. The van der Waals surface area contributed by atoms with Gasteiger partial charge in [-0.1, -0.05) is 6.07 Å². The van der Waals surface area contributed by atoms with Crippen LogP contribution in [0, 0.1) is 5.92 Å². The van der Waals surface area contributed by atoms with E-state index >= 15 is 0 Å². The molecule has 0 spiro atoms. The molecule has 1 heterocycles. The maximum atomic E-state index is 12.3. The van der Waals surface area contributed by atoms with Crippen molar-refractivity contribution in [3.8, 4) is 11.5 Å². The van der Waals surface area contributed by atoms with E-state index in [1.54, 1.807) is 21.1 Å². The molecule has 0 aromatic heterocycles. The molecule has 1 aromatic carbocycles. The molecular formula is C21H31NO6. The van der Waals surface area contributed by atoms with E-state index in [2.05, 4.69) is 5.32 Å². The number of hydrogen-bond acceptors (Lipinski definition) is 7. The average molecular weight is 393 g/mol. The first-order chi connectivity index (χ1) is 13.4. The first kappa shape index (κ1) is 22.2. The molecule has 1 N–H and O–H groups in total. The molecule has 156 valence electrons. The normalized spacial score (nSPS) is 21.6. The van der Waals surface area contributed by atoms with Crippen LogP contribution in [0.1, 0.15) is 45.2 Å². The van der Waals surface area contributed by atoms with Crippen molar-refractivity contribution >= 4 is 11.8 Å². The first-order valence-corrected chi connectivity index (χ1v) is 9.64. The van der Waals surface area contributed by atoms with E-state index in [4.69, 9.17) is 18.9 Å². The Balaban J connectivity index is 2.20. The van der Waals surface area contributed by atoms with Crippen LogP contribution in [0.4, 0.5) is 0 Å². The van der Waals surface area contributed by atoms with E-state index in [1.165, 1.54) is 0 Å². The van der Waals surface area contributed by atoms with E-state index in [-0.39, 0.29) is 29.8 Å². The molecule has 1 saturated heterocycles. The highest BCUT2D eigenvalue weighted by Crippen LogP contribution is 2.38. The van der Waals surface area contributed by atoms with E-state index in [0.717, 1.165) is 12.0 Å². The molecule has 1 aromatic rings. The van der Waals surface area contributed by atoms with Crippen molar-refractivity contribution in [3.05, 3.63) is 23.8 Å². The summed E-state index contributed by atoms with van der Waals surface area (Å²) < 4.78 is 21.6. The number of nitrogens with one attached hydrogen (secondary N) is 1. The summed E-state index contributed by atoms with van der Waals surface area (Å²) in [6.07, 6.45) is 0.976. The Kier molecular flexibility index (Phi) is 8.26. The fourth-order valence-corrected chi connectivity index (χ4v) is 3.38. The summed E-state index contributed by atoms with van der Waals surface area (Å²) in [6.45, 7) is 6.28. The van der Waals surface area contributed by atoms with Crippen molar-refractivity contribution in [1.82, 2.24) is 5.32 Å². The molecule has 0 bridgehead atoms. The number of hydrogen-bond donors (Lipinski definition) is 1. The fraction of sp³-hybridized carbons (Fsp3) is 0.619. The SMILES string of the molecule is COCCCOc1cc([C@H]2N[C@@H](C(=O)OC(C)C)C[C@H]2C(C)=O)ccc1OC. The maximum absolute atomic E-state index is 12.3. The Labute approximate surface area is 166 Å². The summed E-state index contributed by atoms with van der Waals surface area (Å²) >= 11 is 0. The van der Waals surface area contributed by atoms with Crippen molar-refractivity contribution in [2.75, 3.05) is 27.4 Å². The van der Waals surface area contributed by atoms with Gasteiger partial charge in [0.25, 0.3) is 0 Å². The van der Waals surface area contributed by atoms with Crippen LogP contribution in [0.25, 0.3) is 0 Å². The number of methoxy groups -OCH3 is 2. The summed E-state index contributed by atoms with van der Waals surface area (Å²) in [5, 5.41) is 3.27. The third-order valence-electron chi connectivity index (χ3n) is 4.73. The van der Waals surface area contributed by atoms with Crippen LogP contribution in [-0.4, -0.2) is 51.3 Å². The number of ether oxygens (including phenoxy) is 4. The Bertz CT molecular complexity index is 675. The third kappa shape index (κ3) is 5.69. The van der Waals surface area contributed by atoms with E-state index in [0.29, 0.717) is 31.1 Å². The van der Waals surface area contributed by atoms with Gasteiger partial charge in [0.05, 0.1) is 19.8 Å². The van der Waals surface area contributed by atoms with E-state index in [1.807, 2.05) is 32.0 Å². The van der Waals surface area contributed by atoms with Gasteiger partial charge < -0.3 is 18.9 Å². The van der Waals surface area contributed by atoms with Gasteiger partial charge in [-0.15, -0.1) is 0 Å². The van der Waals surface area contributed by atoms with Gasteiger partial charge in [0, 0.05) is 32.1 Å². The van der Waals surface area contributed by atoms with Crippen molar-refractivity contribution in [2.24, 2.45) is 5.92 Å². The maximum Gasteiger partial charge on any atom is 0.323 e. The van der Waals surface area contributed by atoms with Crippen molar-refractivity contribution in [3.63, 3.8) is 0 Å². The standard InChI is InChI=1S/C21H31NO6/c1-13(2)28-21(24)17-12-16(14(3)23)20(22-17)15-7-8-18(26-5)19(11-15)27-10-6-9-25-4/h7-8,11,13,16-17,20,22H,6,9-10,12H2,1-5H3/t16-,17+,20+/m0/s1. The van der Waals surface area contributed by atoms with Crippen LogP contribution in [0.15, 0.2) is 18.2 Å². The molecule has 3 atom stereocenters. The fourth-order valence-electron chi connectivity index (χ4n) is 3.38. The smallest absolute Gasteiger partial charge is 0.323 e. The molecule has 0 saturated carbocycles. The topological polar surface area (TPSA) is 83.1 Å². The van der Waals surface area contributed by atoms with Gasteiger partial charge in [-0.2, -0.15) is 0 Å². The third-order valence-corrected chi connectivity index (χ3v) is 4.73. The molecule has 1 aliphatic heterocycles. The Hall–Kier alpha value is -2.12. The molecule has 1 aliphatic rings. The van der Waals surface area contributed by atoms with Gasteiger partial charge in [0.15, 0.2) is 11.5 Å². The van der Waals surface area contributed by atoms with Crippen LogP contribution >= 0.6 is 0 Å². The summed E-state index contributed by atoms with van der Waals surface area (Å²) in [4.78, 5) is 24.5. The Morgan fingerprint density at radius 2 is 1.93 bits per heavy atom. The minimum absolute atomic E-state index is 0.0377. The number of Topliss-reactive ketones (excluding diaryl/α,β-unsaturated/α-hetero) is 1. The van der Waals surface area contributed by atoms with Crippen LogP contribution in [0.5, 0.6) is 11.5 Å². The van der Waals surface area contributed by atoms with Gasteiger partial charge in [-0.3, -0.25) is 14.9 Å². The second kappa shape index (κ2) is 10.4. The summed E-state index contributed by atoms with van der Waals surface area (Å²) in [5.74, 6) is 0.631. The van der Waals surface area contributed by atoms with Gasteiger partial charge in [0.1, 0.15) is 11.8 Å². The summed E-state index contributed by atoms with van der Waals surface area (Å²) in [5.41, 5.74) is 0.877. The molecule has 1 fully saturated rings. The lowest BCUT2D eigenvalue weighted by atomic mass is 9.90. The zero-order chi connectivity index (χ0) is 20.7. The minimum Gasteiger partial charge on any atom is -0.493 e. The lowest BCUT2D eigenvalue weighted by Gasteiger charge is -2.20. The van der Waals surface area contributed by atoms with Gasteiger partial charge in [-0.25, -0.2) is 0 Å². The van der Waals surface area contributed by atoms with Gasteiger partial charge in [0.2, 0.25) is 0 Å². The number of esters is 1. The average Bonchev–Trinajstić information content (AvgIpc) is 3.10. The van der Waals surface area contributed by atoms with Crippen LogP contribution in [0.3, 0.4) is 0 Å². The quantitative estimate of drug-likeness (QED) is 0.483. The van der Waals surface area contributed by atoms with E-state index in [9.17, 15) is 9.59 Å². The Morgan fingerprint density at radius 1 is 1.18 bits per heavy atom. The molecule has 0 radical (unpaired) electrons. The van der Waals surface area contributed by atoms with Gasteiger partial charge in [-0.05, 0) is 44.9 Å². The minimum atomic E-state index is -0.505. The molecule has 0 amide bonds. The highest BCUT2D eigenvalue weighted by molar-refractivity contribution is 5.83. The number of ketones is 1. The molecule has 2 rings (SSSR count). The zero-order valence-electron chi connectivity index (χ0n) is 17.3. The lowest BCUT2D eigenvalue weighted by molar-refractivity contribution is -0.149. The molecule has 7 nitrogen and oxygen atoms in total. The zero-order valence-corrected chi connectivity index (χ0v) is 17.3. The lowest BCUT2D eigenvalue weighted by Crippen LogP contribution is -2.35. The summed E-state index contributed by atoms with van der Waals surface area (Å²) in [7, 11) is 3.23. The van der Waals surface area contributed by atoms with Crippen LogP contribution < -0.4 is 14.8 Å². The van der Waals surface area contributed by atoms with Crippen LogP contribution in [-0.2, 0) is 19.1 Å². The number of benzene rings is 1. The monoisotopic (exact) mass is 393 g/mol. The van der Waals surface area contributed by atoms with Gasteiger partial charge >= 0.3 is 5.97 Å². The highest BCUT2D eigenvalue weighted by atomic mass is 16.5. The molecule has 28 heavy (non-hydrogen) atoms. The molecule has 0 aliphatic carbocycles. The predicted octanol–water partition coefficient (Wildman–Crippen LogP) is 2.67. The number of carbonyl (C=O) groups excluding carboxylic acids is 2. The van der Waals surface area contributed by atoms with E-state index < -0.39 is 6.04 Å². The van der Waals surface area contributed by atoms with Crippen LogP contribution in [0.2, 0.25) is 0 Å². The molecular weight excluding hydrogens is 362 g/mol. The number of rotatable bonds is 10. The predicted molar refractivity (Wildman–Crippen MR) is 105 cm³/mol. The Morgan fingerprint density at radius 3 is 2.54 bits per heavy atom. The number of carbonyl (C=O) groups is 2. The molecule has 7 heteroatoms. The molecule has 0 unspecified atom stereocenters. The van der Waals surface area contributed by atoms with Crippen molar-refractivity contribution < 1.29 is 28.5 Å². The highest BCUT2D eigenvalue weighted by Gasteiger charge is 2.41. The van der Waals surface area contributed by atoms with Crippen molar-refractivity contribution in [2.45, 2.75) is 51.8 Å². The second-order valence-corrected chi connectivity index (χ2v) is 7.24. The van der Waals surface area contributed by atoms with Crippen molar-refractivity contribution in [1.29, 1.82) is 0 Å². The first-order valence-electron chi connectivity index (χ1n) is 9.64.